The molecule has 1 N–H and O–H groups in total. The van der Waals surface area contributed by atoms with Crippen molar-refractivity contribution in [3.05, 3.63) is 12.7 Å². The number of hydrogen-bond acceptors (Lipinski definition) is 1. The lowest BCUT2D eigenvalue weighted by molar-refractivity contribution is -0.201. The molecule has 1 aliphatic rings. The van der Waals surface area contributed by atoms with E-state index in [0.29, 0.717) is 12.1 Å². The second kappa shape index (κ2) is 4.71. The number of hydrogen-bond donors (Lipinski definition) is 1. The molecule has 0 bridgehead atoms. The van der Waals surface area contributed by atoms with Gasteiger partial charge in [-0.25, -0.2) is 0 Å². The van der Waals surface area contributed by atoms with E-state index in [9.17, 15) is 13.2 Å². The molecule has 0 spiro atoms. The van der Waals surface area contributed by atoms with Crippen LogP contribution in [0.3, 0.4) is 0 Å². The molecule has 18 heavy (non-hydrogen) atoms. The van der Waals surface area contributed by atoms with E-state index in [2.05, 4.69) is 13.5 Å². The largest absolute Gasteiger partial charge is 0.397 e. The summed E-state index contributed by atoms with van der Waals surface area (Å²) in [7, 11) is 0. The summed E-state index contributed by atoms with van der Waals surface area (Å²) in [5, 5.41) is 7.12. The Bertz CT molecular complexity index is 324. The Morgan fingerprint density at radius 2 is 1.67 bits per heavy atom. The third-order valence-corrected chi connectivity index (χ3v) is 5.46. The summed E-state index contributed by atoms with van der Waals surface area (Å²) in [6.45, 7) is 11.6. The van der Waals surface area contributed by atoms with Gasteiger partial charge in [0.25, 0.3) is 0 Å². The second-order valence-corrected chi connectivity index (χ2v) is 5.80. The summed E-state index contributed by atoms with van der Waals surface area (Å²) in [5.41, 5.74) is -0.432. The van der Waals surface area contributed by atoms with Crippen molar-refractivity contribution in [2.45, 2.75) is 33.9 Å². The molecule has 0 aromatic rings. The SMILES string of the molecule is C=C[C@H](C(C=N)C(F)(F)F)C1(C)[C@H](C)C(C)[C@@H]1C. The van der Waals surface area contributed by atoms with Gasteiger partial charge >= 0.3 is 6.18 Å². The third kappa shape index (κ3) is 1.99. The van der Waals surface area contributed by atoms with Gasteiger partial charge in [-0.2, -0.15) is 13.2 Å². The van der Waals surface area contributed by atoms with Gasteiger partial charge in [0.1, 0.15) is 0 Å². The minimum Gasteiger partial charge on any atom is -0.312 e. The lowest BCUT2D eigenvalue weighted by atomic mass is 9.43. The van der Waals surface area contributed by atoms with Gasteiger partial charge in [-0.3, -0.25) is 0 Å². The van der Waals surface area contributed by atoms with Crippen LogP contribution in [-0.2, 0) is 0 Å². The van der Waals surface area contributed by atoms with Gasteiger partial charge in [0.2, 0.25) is 0 Å². The van der Waals surface area contributed by atoms with Crippen molar-refractivity contribution in [2.24, 2.45) is 35.0 Å². The molecule has 1 fully saturated rings. The normalized spacial score (nSPS) is 39.6. The minimum absolute atomic E-state index is 0.209. The van der Waals surface area contributed by atoms with E-state index in [1.54, 1.807) is 0 Å². The van der Waals surface area contributed by atoms with Crippen LogP contribution in [0.15, 0.2) is 12.7 Å². The van der Waals surface area contributed by atoms with E-state index < -0.39 is 23.4 Å². The fourth-order valence-corrected chi connectivity index (χ4v) is 3.66. The third-order valence-electron chi connectivity index (χ3n) is 5.46. The zero-order chi connectivity index (χ0) is 14.3. The van der Waals surface area contributed by atoms with E-state index in [1.807, 2.05) is 20.8 Å². The maximum atomic E-state index is 13.0. The molecular formula is C14H22F3N. The van der Waals surface area contributed by atoms with Crippen LogP contribution in [0.1, 0.15) is 27.7 Å². The van der Waals surface area contributed by atoms with Crippen molar-refractivity contribution in [3.8, 4) is 0 Å². The summed E-state index contributed by atoms with van der Waals surface area (Å²) in [6.07, 6.45) is -2.45. The molecule has 1 aliphatic carbocycles. The van der Waals surface area contributed by atoms with Gasteiger partial charge < -0.3 is 5.41 Å². The first-order chi connectivity index (χ1) is 8.12. The minimum atomic E-state index is -4.37. The first-order valence-corrected chi connectivity index (χ1v) is 6.32. The second-order valence-electron chi connectivity index (χ2n) is 5.80. The first-order valence-electron chi connectivity index (χ1n) is 6.32. The molecule has 1 rings (SSSR count). The molecule has 6 atom stereocenters. The standard InChI is InChI=1S/C14H22F3N/c1-6-11(12(7-18)14(15,16)17)13(5)9(3)8(2)10(13)4/h6-12,18H,1H2,2-5H3/t8?,9-,10+,11-,12?,13?/m1/s1. The monoisotopic (exact) mass is 261 g/mol. The maximum absolute atomic E-state index is 13.0. The lowest BCUT2D eigenvalue weighted by Crippen LogP contribution is -2.58. The average Bonchev–Trinajstić information content (AvgIpc) is 2.30. The van der Waals surface area contributed by atoms with Crippen LogP contribution < -0.4 is 0 Å². The van der Waals surface area contributed by atoms with Crippen molar-refractivity contribution in [2.75, 3.05) is 0 Å². The molecule has 104 valence electrons. The molecule has 0 radical (unpaired) electrons. The maximum Gasteiger partial charge on any atom is 0.397 e. The van der Waals surface area contributed by atoms with Gasteiger partial charge in [-0.15, -0.1) is 6.58 Å². The van der Waals surface area contributed by atoms with Crippen LogP contribution in [0.2, 0.25) is 0 Å². The molecule has 0 aromatic carbocycles. The van der Waals surface area contributed by atoms with E-state index in [4.69, 9.17) is 5.41 Å². The van der Waals surface area contributed by atoms with Crippen molar-refractivity contribution in [1.29, 1.82) is 5.41 Å². The highest BCUT2D eigenvalue weighted by atomic mass is 19.4. The Hall–Kier alpha value is -0.800. The van der Waals surface area contributed by atoms with E-state index in [-0.39, 0.29) is 11.8 Å². The highest BCUT2D eigenvalue weighted by Gasteiger charge is 2.60. The molecule has 0 heterocycles. The van der Waals surface area contributed by atoms with Gasteiger partial charge in [0, 0.05) is 6.21 Å². The van der Waals surface area contributed by atoms with Gasteiger partial charge in [0.15, 0.2) is 0 Å². The molecular weight excluding hydrogens is 239 g/mol. The van der Waals surface area contributed by atoms with Crippen molar-refractivity contribution in [3.63, 3.8) is 0 Å². The zero-order valence-corrected chi connectivity index (χ0v) is 11.4. The Morgan fingerprint density at radius 3 is 1.94 bits per heavy atom. The number of nitrogens with one attached hydrogen (secondary N) is 1. The number of alkyl halides is 3. The van der Waals surface area contributed by atoms with E-state index >= 15 is 0 Å². The van der Waals surface area contributed by atoms with Gasteiger partial charge in [-0.1, -0.05) is 33.8 Å². The van der Waals surface area contributed by atoms with Crippen LogP contribution in [-0.4, -0.2) is 12.4 Å². The van der Waals surface area contributed by atoms with E-state index in [0.717, 1.165) is 0 Å². The predicted molar refractivity (Wildman–Crippen MR) is 67.6 cm³/mol. The molecule has 0 aliphatic heterocycles. The highest BCUT2D eigenvalue weighted by Crippen LogP contribution is 2.62. The molecule has 4 heteroatoms. The zero-order valence-electron chi connectivity index (χ0n) is 11.4. The molecule has 1 saturated carbocycles. The van der Waals surface area contributed by atoms with Crippen LogP contribution >= 0.6 is 0 Å². The Labute approximate surface area is 107 Å². The Kier molecular flexibility index (Phi) is 3.99. The number of allylic oxidation sites excluding steroid dienone is 1. The van der Waals surface area contributed by atoms with Gasteiger partial charge in [-0.05, 0) is 29.1 Å². The fourth-order valence-electron chi connectivity index (χ4n) is 3.66. The predicted octanol–water partition coefficient (Wildman–Crippen LogP) is 4.54. The Balaban J connectivity index is 3.11. The topological polar surface area (TPSA) is 23.9 Å². The van der Waals surface area contributed by atoms with Crippen LogP contribution in [0.25, 0.3) is 0 Å². The van der Waals surface area contributed by atoms with Crippen molar-refractivity contribution in [1.82, 2.24) is 0 Å². The van der Waals surface area contributed by atoms with Crippen LogP contribution in [0.4, 0.5) is 13.2 Å². The quantitative estimate of drug-likeness (QED) is 0.567. The molecule has 0 aromatic heterocycles. The molecule has 3 unspecified atom stereocenters. The molecule has 0 amide bonds. The molecule has 0 saturated heterocycles. The summed E-state index contributed by atoms with van der Waals surface area (Å²) in [6, 6.07) is 0. The summed E-state index contributed by atoms with van der Waals surface area (Å²) in [5.74, 6) is -1.62. The molecule has 1 nitrogen and oxygen atoms in total. The van der Waals surface area contributed by atoms with Crippen LogP contribution in [0, 0.1) is 40.4 Å². The average molecular weight is 261 g/mol. The number of rotatable bonds is 4. The smallest absolute Gasteiger partial charge is 0.312 e. The fraction of sp³-hybridized carbons (Fsp3) is 0.786. The van der Waals surface area contributed by atoms with Crippen molar-refractivity contribution >= 4 is 6.21 Å². The van der Waals surface area contributed by atoms with Crippen molar-refractivity contribution < 1.29 is 13.2 Å². The summed E-state index contributed by atoms with van der Waals surface area (Å²) in [4.78, 5) is 0. The summed E-state index contributed by atoms with van der Waals surface area (Å²) < 4.78 is 39.0. The number of halogens is 3. The van der Waals surface area contributed by atoms with Gasteiger partial charge in [0.05, 0.1) is 5.92 Å². The highest BCUT2D eigenvalue weighted by molar-refractivity contribution is 5.59. The first kappa shape index (κ1) is 15.3. The lowest BCUT2D eigenvalue weighted by Gasteiger charge is -2.61. The van der Waals surface area contributed by atoms with E-state index in [1.165, 1.54) is 6.08 Å². The Morgan fingerprint density at radius 1 is 1.22 bits per heavy atom. The summed E-state index contributed by atoms with van der Waals surface area (Å²) >= 11 is 0. The van der Waals surface area contributed by atoms with Crippen LogP contribution in [0.5, 0.6) is 0 Å².